The van der Waals surface area contributed by atoms with E-state index in [9.17, 15) is 4.79 Å². The summed E-state index contributed by atoms with van der Waals surface area (Å²) in [5.74, 6) is 1.37. The molecule has 5 heteroatoms. The average molecular weight is 359 g/mol. The second-order valence-electron chi connectivity index (χ2n) is 6.27. The van der Waals surface area contributed by atoms with Crippen LogP contribution in [-0.4, -0.2) is 35.8 Å². The number of anilines is 1. The van der Waals surface area contributed by atoms with Crippen LogP contribution >= 0.6 is 24.0 Å². The fraction of sp³-hybridized carbons (Fsp3) is 0.611. The summed E-state index contributed by atoms with van der Waals surface area (Å²) >= 11 is 5.89. The second-order valence-corrected chi connectivity index (χ2v) is 6.65. The quantitative estimate of drug-likeness (QED) is 0.791. The SMILES string of the molecule is CCN1CC[C@@H](CCCl)C[C@H]1C(=O)Nc1c(C)cccc1C.Cl. The van der Waals surface area contributed by atoms with Crippen molar-refractivity contribution in [1.82, 2.24) is 4.90 Å². The minimum atomic E-state index is -0.0361. The third kappa shape index (κ3) is 5.10. The van der Waals surface area contributed by atoms with Crippen molar-refractivity contribution in [2.75, 3.05) is 24.3 Å². The molecule has 3 nitrogen and oxygen atoms in total. The van der Waals surface area contributed by atoms with Gasteiger partial charge in [0, 0.05) is 11.6 Å². The zero-order valence-corrected chi connectivity index (χ0v) is 15.8. The number of rotatable bonds is 5. The van der Waals surface area contributed by atoms with Gasteiger partial charge in [-0.05, 0) is 63.2 Å². The molecule has 1 saturated heterocycles. The van der Waals surface area contributed by atoms with Gasteiger partial charge in [-0.15, -0.1) is 24.0 Å². The fourth-order valence-electron chi connectivity index (χ4n) is 3.37. The van der Waals surface area contributed by atoms with E-state index in [0.29, 0.717) is 11.8 Å². The number of amides is 1. The molecule has 0 unspecified atom stereocenters. The maximum absolute atomic E-state index is 12.8. The van der Waals surface area contributed by atoms with Crippen molar-refractivity contribution >= 4 is 35.6 Å². The number of nitrogens with one attached hydrogen (secondary N) is 1. The Bertz CT molecular complexity index is 501. The Morgan fingerprint density at radius 1 is 1.35 bits per heavy atom. The van der Waals surface area contributed by atoms with Crippen LogP contribution in [0, 0.1) is 19.8 Å². The van der Waals surface area contributed by atoms with Gasteiger partial charge in [-0.25, -0.2) is 0 Å². The highest BCUT2D eigenvalue weighted by Crippen LogP contribution is 2.27. The molecule has 0 spiro atoms. The highest BCUT2D eigenvalue weighted by atomic mass is 35.5. The Morgan fingerprint density at radius 3 is 2.57 bits per heavy atom. The number of piperidine rings is 1. The second kappa shape index (κ2) is 9.51. The molecule has 1 aliphatic heterocycles. The van der Waals surface area contributed by atoms with Gasteiger partial charge >= 0.3 is 0 Å². The van der Waals surface area contributed by atoms with Crippen LogP contribution in [0.5, 0.6) is 0 Å². The van der Waals surface area contributed by atoms with Gasteiger partial charge < -0.3 is 5.32 Å². The molecule has 0 aromatic heterocycles. The third-order valence-corrected chi connectivity index (χ3v) is 5.00. The van der Waals surface area contributed by atoms with Crippen molar-refractivity contribution in [1.29, 1.82) is 0 Å². The van der Waals surface area contributed by atoms with Gasteiger partial charge in [0.25, 0.3) is 0 Å². The molecule has 1 aromatic rings. The molecule has 130 valence electrons. The van der Waals surface area contributed by atoms with Crippen LogP contribution in [0.1, 0.15) is 37.3 Å². The number of hydrogen-bond donors (Lipinski definition) is 1. The van der Waals surface area contributed by atoms with Gasteiger partial charge in [0.2, 0.25) is 5.91 Å². The molecule has 2 rings (SSSR count). The normalized spacial score (nSPS) is 21.6. The van der Waals surface area contributed by atoms with E-state index in [1.54, 1.807) is 0 Å². The molecule has 1 aromatic carbocycles. The number of para-hydroxylation sites is 1. The summed E-state index contributed by atoms with van der Waals surface area (Å²) < 4.78 is 0. The van der Waals surface area contributed by atoms with Crippen molar-refractivity contribution < 1.29 is 4.79 Å². The van der Waals surface area contributed by atoms with Crippen molar-refractivity contribution in [3.63, 3.8) is 0 Å². The van der Waals surface area contributed by atoms with Crippen LogP contribution in [-0.2, 0) is 4.79 Å². The lowest BCUT2D eigenvalue weighted by Crippen LogP contribution is -2.49. The molecule has 0 saturated carbocycles. The number of aryl methyl sites for hydroxylation is 2. The first-order valence-corrected chi connectivity index (χ1v) is 8.77. The summed E-state index contributed by atoms with van der Waals surface area (Å²) in [6.45, 7) is 8.11. The van der Waals surface area contributed by atoms with E-state index in [2.05, 4.69) is 17.1 Å². The van der Waals surface area contributed by atoms with Crippen LogP contribution in [0.15, 0.2) is 18.2 Å². The first-order valence-electron chi connectivity index (χ1n) is 8.23. The highest BCUT2D eigenvalue weighted by molar-refractivity contribution is 6.17. The van der Waals surface area contributed by atoms with Gasteiger partial charge in [0.15, 0.2) is 0 Å². The zero-order valence-electron chi connectivity index (χ0n) is 14.3. The van der Waals surface area contributed by atoms with Crippen molar-refractivity contribution in [2.45, 2.75) is 46.1 Å². The predicted molar refractivity (Wildman–Crippen MR) is 101 cm³/mol. The van der Waals surface area contributed by atoms with E-state index < -0.39 is 0 Å². The van der Waals surface area contributed by atoms with E-state index in [0.717, 1.165) is 49.2 Å². The van der Waals surface area contributed by atoms with Crippen LogP contribution in [0.3, 0.4) is 0 Å². The van der Waals surface area contributed by atoms with Gasteiger partial charge in [0.05, 0.1) is 6.04 Å². The molecule has 1 amide bonds. The smallest absolute Gasteiger partial charge is 0.241 e. The maximum atomic E-state index is 12.8. The molecule has 0 bridgehead atoms. The zero-order chi connectivity index (χ0) is 16.1. The predicted octanol–water partition coefficient (Wildman–Crippen LogP) is 4.39. The van der Waals surface area contributed by atoms with Crippen molar-refractivity contribution in [3.8, 4) is 0 Å². The van der Waals surface area contributed by atoms with Crippen LogP contribution in [0.4, 0.5) is 5.69 Å². The number of halogens is 2. The molecule has 1 aliphatic rings. The molecule has 1 N–H and O–H groups in total. The van der Waals surface area contributed by atoms with E-state index in [1.807, 2.05) is 32.0 Å². The summed E-state index contributed by atoms with van der Waals surface area (Å²) in [4.78, 5) is 15.1. The number of hydrogen-bond acceptors (Lipinski definition) is 2. The number of carbonyl (C=O) groups is 1. The molecular weight excluding hydrogens is 331 g/mol. The highest BCUT2D eigenvalue weighted by Gasteiger charge is 2.32. The number of alkyl halides is 1. The van der Waals surface area contributed by atoms with Gasteiger partial charge in [0.1, 0.15) is 0 Å². The molecule has 1 heterocycles. The average Bonchev–Trinajstić information content (AvgIpc) is 2.51. The van der Waals surface area contributed by atoms with Crippen LogP contribution in [0.25, 0.3) is 0 Å². The monoisotopic (exact) mass is 358 g/mol. The van der Waals surface area contributed by atoms with Crippen molar-refractivity contribution in [2.24, 2.45) is 5.92 Å². The Balaban J connectivity index is 0.00000264. The number of likely N-dealkylation sites (N-methyl/N-ethyl adjacent to an activating group) is 1. The fourth-order valence-corrected chi connectivity index (χ4v) is 3.68. The number of nitrogens with zero attached hydrogens (tertiary/aromatic N) is 1. The van der Waals surface area contributed by atoms with E-state index in [1.165, 1.54) is 0 Å². The summed E-state index contributed by atoms with van der Waals surface area (Å²) in [5.41, 5.74) is 3.19. The van der Waals surface area contributed by atoms with Crippen LogP contribution < -0.4 is 5.32 Å². The Hall–Kier alpha value is -0.770. The largest absolute Gasteiger partial charge is 0.324 e. The first-order chi connectivity index (χ1) is 10.6. The van der Waals surface area contributed by atoms with E-state index in [4.69, 9.17) is 11.6 Å². The Morgan fingerprint density at radius 2 is 2.00 bits per heavy atom. The number of likely N-dealkylation sites (tertiary alicyclic amines) is 1. The van der Waals surface area contributed by atoms with Crippen LogP contribution in [0.2, 0.25) is 0 Å². The van der Waals surface area contributed by atoms with Gasteiger partial charge in [-0.2, -0.15) is 0 Å². The standard InChI is InChI=1S/C18H27ClN2O.ClH/c1-4-21-11-9-15(8-10-19)12-16(21)18(22)20-17-13(2)6-5-7-14(17)3;/h5-7,15-16H,4,8-12H2,1-3H3,(H,20,22);1H/t15-,16+;/m1./s1. The molecule has 0 aliphatic carbocycles. The van der Waals surface area contributed by atoms with Gasteiger partial charge in [-0.3, -0.25) is 9.69 Å². The maximum Gasteiger partial charge on any atom is 0.241 e. The summed E-state index contributed by atoms with van der Waals surface area (Å²) in [6, 6.07) is 6.07. The Kier molecular flexibility index (Phi) is 8.38. The minimum Gasteiger partial charge on any atom is -0.324 e. The van der Waals surface area contributed by atoms with Gasteiger partial charge in [-0.1, -0.05) is 25.1 Å². The molecule has 1 fully saturated rings. The van der Waals surface area contributed by atoms with Crippen molar-refractivity contribution in [3.05, 3.63) is 29.3 Å². The van der Waals surface area contributed by atoms with E-state index >= 15 is 0 Å². The minimum absolute atomic E-state index is 0. The lowest BCUT2D eigenvalue weighted by Gasteiger charge is -2.38. The first kappa shape index (κ1) is 20.3. The molecule has 2 atom stereocenters. The number of benzene rings is 1. The lowest BCUT2D eigenvalue weighted by molar-refractivity contribution is -0.123. The lowest BCUT2D eigenvalue weighted by atomic mass is 9.88. The summed E-state index contributed by atoms with van der Waals surface area (Å²) in [6.07, 6.45) is 3.07. The molecule has 23 heavy (non-hydrogen) atoms. The van der Waals surface area contributed by atoms with E-state index in [-0.39, 0.29) is 24.4 Å². The Labute approximate surface area is 151 Å². The molecular formula is C18H28Cl2N2O. The molecule has 0 radical (unpaired) electrons. The topological polar surface area (TPSA) is 32.3 Å². The third-order valence-electron chi connectivity index (χ3n) is 4.78. The number of carbonyl (C=O) groups excluding carboxylic acids is 1. The summed E-state index contributed by atoms with van der Waals surface area (Å²) in [7, 11) is 0. The summed E-state index contributed by atoms with van der Waals surface area (Å²) in [5, 5.41) is 3.16.